The number of imidazole rings is 2. The number of aromatic nitrogens is 4. The maximum atomic E-state index is 15.4. The average Bonchev–Trinajstić information content (AvgIpc) is 4.00. The van der Waals surface area contributed by atoms with Crippen molar-refractivity contribution in [2.24, 2.45) is 16.8 Å². The summed E-state index contributed by atoms with van der Waals surface area (Å²) in [6.07, 6.45) is 5.28. The Hall–Kier alpha value is -5.75. The summed E-state index contributed by atoms with van der Waals surface area (Å²) in [5, 5.41) is 2.67. The van der Waals surface area contributed by atoms with E-state index in [1.807, 2.05) is 52.0 Å². The Labute approximate surface area is 319 Å². The normalized spacial score (nSPS) is 18.2. The molecule has 2 aliphatic rings. The topological polar surface area (TPSA) is 167 Å². The van der Waals surface area contributed by atoms with Crippen LogP contribution in [-0.4, -0.2) is 93.4 Å². The zero-order valence-electron chi connectivity index (χ0n) is 31.9. The van der Waals surface area contributed by atoms with Crippen molar-refractivity contribution in [3.8, 4) is 23.1 Å². The number of fused-ring (bicyclic) bond motifs is 1. The highest BCUT2D eigenvalue weighted by molar-refractivity contribution is 5.86. The molecule has 0 saturated carbocycles. The molecule has 55 heavy (non-hydrogen) atoms. The van der Waals surface area contributed by atoms with Gasteiger partial charge in [0.05, 0.1) is 43.7 Å². The maximum Gasteiger partial charge on any atom is 0.407 e. The van der Waals surface area contributed by atoms with Crippen molar-refractivity contribution in [2.75, 3.05) is 27.3 Å². The molecule has 2 fully saturated rings. The van der Waals surface area contributed by atoms with Gasteiger partial charge in [-0.1, -0.05) is 51.7 Å². The number of carbonyl (C=O) groups excluding carboxylic acids is 3. The predicted molar refractivity (Wildman–Crippen MR) is 203 cm³/mol. The molecule has 2 aliphatic heterocycles. The molecule has 0 radical (unpaired) electrons. The number of carbonyl (C=O) groups is 3. The summed E-state index contributed by atoms with van der Waals surface area (Å²) in [6.45, 7) is 8.70. The Balaban J connectivity index is 1.14. The first-order valence-electron chi connectivity index (χ1n) is 18.5. The van der Waals surface area contributed by atoms with Gasteiger partial charge in [-0.2, -0.15) is 4.89 Å². The van der Waals surface area contributed by atoms with E-state index in [1.54, 1.807) is 22.1 Å². The number of methoxy groups -OCH3 is 1. The minimum absolute atomic E-state index is 0.0799. The Morgan fingerprint density at radius 3 is 2.25 bits per heavy atom. The van der Waals surface area contributed by atoms with Crippen molar-refractivity contribution in [3.05, 3.63) is 71.2 Å². The number of H-pyrrole nitrogens is 2. The number of amides is 3. The van der Waals surface area contributed by atoms with Crippen molar-refractivity contribution < 1.29 is 33.3 Å². The molecule has 4 heterocycles. The smallest absolute Gasteiger partial charge is 0.407 e. The largest absolute Gasteiger partial charge is 0.453 e. The Bertz CT molecular complexity index is 2100. The highest BCUT2D eigenvalue weighted by Crippen LogP contribution is 2.35. The Morgan fingerprint density at radius 1 is 0.927 bits per heavy atom. The summed E-state index contributed by atoms with van der Waals surface area (Å²) in [7, 11) is 2.63. The maximum absolute atomic E-state index is 15.4. The summed E-state index contributed by atoms with van der Waals surface area (Å²) in [6, 6.07) is 8.78. The number of hydrogen-bond donors (Lipinski definition) is 3. The first-order valence-corrected chi connectivity index (χ1v) is 18.5. The Morgan fingerprint density at radius 2 is 1.60 bits per heavy atom. The van der Waals surface area contributed by atoms with Crippen molar-refractivity contribution in [1.29, 1.82) is 0 Å². The molecule has 4 aromatic rings. The van der Waals surface area contributed by atoms with E-state index in [-0.39, 0.29) is 41.3 Å². The number of ether oxygens (including phenoxy) is 1. The van der Waals surface area contributed by atoms with E-state index in [4.69, 9.17) is 9.62 Å². The van der Waals surface area contributed by atoms with Crippen LogP contribution in [0, 0.1) is 29.5 Å². The van der Waals surface area contributed by atoms with Crippen LogP contribution >= 0.6 is 0 Å². The molecular formula is C40H47FN8O6. The first-order chi connectivity index (χ1) is 26.5. The lowest BCUT2D eigenvalue weighted by Gasteiger charge is -2.30. The van der Waals surface area contributed by atoms with Crippen molar-refractivity contribution in [3.63, 3.8) is 0 Å². The highest BCUT2D eigenvalue weighted by atomic mass is 19.1. The van der Waals surface area contributed by atoms with Crippen molar-refractivity contribution in [1.82, 2.24) is 35.1 Å². The van der Waals surface area contributed by atoms with Gasteiger partial charge in [0.25, 0.3) is 0 Å². The van der Waals surface area contributed by atoms with Crippen LogP contribution in [0.3, 0.4) is 0 Å². The van der Waals surface area contributed by atoms with Gasteiger partial charge < -0.3 is 34.7 Å². The van der Waals surface area contributed by atoms with Gasteiger partial charge in [-0.25, -0.2) is 24.1 Å². The van der Waals surface area contributed by atoms with Crippen LogP contribution in [0.25, 0.3) is 22.3 Å². The Kier molecular flexibility index (Phi) is 12.1. The van der Waals surface area contributed by atoms with Crippen LogP contribution in [0.5, 0.6) is 0 Å². The minimum Gasteiger partial charge on any atom is -0.453 e. The zero-order valence-corrected chi connectivity index (χ0v) is 31.9. The number of nitrogens with zero attached hydrogens (tertiary/aromatic N) is 5. The van der Waals surface area contributed by atoms with Gasteiger partial charge in [-0.05, 0) is 67.3 Å². The fourth-order valence-electron chi connectivity index (χ4n) is 7.19. The second kappa shape index (κ2) is 17.2. The molecule has 15 heteroatoms. The quantitative estimate of drug-likeness (QED) is 0.0566. The van der Waals surface area contributed by atoms with Crippen LogP contribution < -0.4 is 5.32 Å². The highest BCUT2D eigenvalue weighted by Gasteiger charge is 2.38. The number of alkyl carbamates (subject to hydrolysis) is 1. The van der Waals surface area contributed by atoms with Crippen LogP contribution in [-0.2, 0) is 24.1 Å². The average molecular weight is 755 g/mol. The van der Waals surface area contributed by atoms with E-state index in [9.17, 15) is 14.4 Å². The van der Waals surface area contributed by atoms with Gasteiger partial charge in [0, 0.05) is 24.2 Å². The van der Waals surface area contributed by atoms with E-state index < -0.39 is 24.0 Å². The number of benzene rings is 2. The molecule has 6 rings (SSSR count). The lowest BCUT2D eigenvalue weighted by atomic mass is 10.0. The first kappa shape index (κ1) is 39.0. The van der Waals surface area contributed by atoms with E-state index in [0.29, 0.717) is 42.2 Å². The minimum atomic E-state index is -0.710. The van der Waals surface area contributed by atoms with Gasteiger partial charge in [0.1, 0.15) is 29.2 Å². The van der Waals surface area contributed by atoms with E-state index >= 15 is 4.39 Å². The third kappa shape index (κ3) is 8.65. The van der Waals surface area contributed by atoms with E-state index in [2.05, 4.69) is 47.0 Å². The number of likely N-dealkylation sites (tertiary alicyclic amines) is 2. The standard InChI is InChI=1S/C40H47FN8O6/c1-23(2)33(43-22-55-54-6)38(50)49-18-8-10-32(49)37-44-29-20-26(19-28(41)35(29)46-37)12-11-25-13-15-27(16-14-25)30-21-42-36(45-30)31-9-7-17-48(31)39(51)34(24(3)4)47-40(52)53-5/h13-16,19-24,31-34H,7-10,17-18H2,1-6H3,(H,42,45)(H,44,46)(H,47,52)/t31-,32-,33-,34-/m0/s1. The van der Waals surface area contributed by atoms with Crippen LogP contribution in [0.1, 0.15) is 88.2 Å². The van der Waals surface area contributed by atoms with E-state index in [1.165, 1.54) is 20.3 Å². The second-order valence-electron chi connectivity index (χ2n) is 14.4. The van der Waals surface area contributed by atoms with Crippen molar-refractivity contribution in [2.45, 2.75) is 77.5 Å². The molecule has 2 aromatic carbocycles. The van der Waals surface area contributed by atoms with Crippen LogP contribution in [0.15, 0.2) is 47.6 Å². The van der Waals surface area contributed by atoms with Gasteiger partial charge in [-0.3, -0.25) is 9.59 Å². The van der Waals surface area contributed by atoms with E-state index in [0.717, 1.165) is 42.5 Å². The number of hydrogen-bond acceptors (Lipinski definition) is 9. The molecule has 2 aromatic heterocycles. The fourth-order valence-corrected chi connectivity index (χ4v) is 7.19. The molecule has 3 amide bonds. The SMILES string of the molecule is COOC=N[C@H](C(=O)N1CCC[C@H]1c1nc2c(F)cc(C#Cc3ccc(-c4cnc([C@@H]5CCCN5C(=O)[C@@H](NC(=O)OC)C(C)C)[nH]4)cc3)cc2[nH]1)C(C)C. The molecule has 0 bridgehead atoms. The summed E-state index contributed by atoms with van der Waals surface area (Å²) < 4.78 is 20.1. The third-order valence-electron chi connectivity index (χ3n) is 10.0. The summed E-state index contributed by atoms with van der Waals surface area (Å²) >= 11 is 0. The molecule has 14 nitrogen and oxygen atoms in total. The number of aliphatic imine (C=N–C) groups is 1. The molecular weight excluding hydrogens is 707 g/mol. The van der Waals surface area contributed by atoms with Crippen LogP contribution in [0.2, 0.25) is 0 Å². The number of halogens is 1. The lowest BCUT2D eigenvalue weighted by molar-refractivity contribution is -0.188. The molecule has 290 valence electrons. The lowest BCUT2D eigenvalue weighted by Crippen LogP contribution is -2.51. The van der Waals surface area contributed by atoms with Gasteiger partial charge in [-0.15, -0.1) is 0 Å². The van der Waals surface area contributed by atoms with Gasteiger partial charge >= 0.3 is 6.09 Å². The summed E-state index contributed by atoms with van der Waals surface area (Å²) in [4.78, 5) is 71.9. The molecule has 0 aliphatic carbocycles. The van der Waals surface area contributed by atoms with Gasteiger partial charge in [0.15, 0.2) is 5.82 Å². The van der Waals surface area contributed by atoms with Crippen LogP contribution in [0.4, 0.5) is 9.18 Å². The molecule has 4 atom stereocenters. The second-order valence-corrected chi connectivity index (χ2v) is 14.4. The number of aromatic amines is 2. The molecule has 2 saturated heterocycles. The van der Waals surface area contributed by atoms with Crippen molar-refractivity contribution >= 4 is 35.3 Å². The fraction of sp³-hybridized carbons (Fsp3) is 0.450. The molecule has 0 unspecified atom stereocenters. The number of rotatable bonds is 11. The molecule has 3 N–H and O–H groups in total. The number of nitrogens with one attached hydrogen (secondary N) is 3. The predicted octanol–water partition coefficient (Wildman–Crippen LogP) is 5.83. The molecule has 0 spiro atoms. The monoisotopic (exact) mass is 754 g/mol. The summed E-state index contributed by atoms with van der Waals surface area (Å²) in [5.74, 6) is 6.35. The van der Waals surface area contributed by atoms with Gasteiger partial charge in [0.2, 0.25) is 18.2 Å². The zero-order chi connectivity index (χ0) is 39.2. The third-order valence-corrected chi connectivity index (χ3v) is 10.0. The summed E-state index contributed by atoms with van der Waals surface area (Å²) in [5.41, 5.74) is 3.58.